The third-order valence-electron chi connectivity index (χ3n) is 4.23. The predicted molar refractivity (Wildman–Crippen MR) is 106 cm³/mol. The molecule has 0 heterocycles. The Balaban J connectivity index is 2.03. The summed E-state index contributed by atoms with van der Waals surface area (Å²) in [5.41, 5.74) is 1.64. The summed E-state index contributed by atoms with van der Waals surface area (Å²) >= 11 is 0. The van der Waals surface area contributed by atoms with Crippen LogP contribution in [0.4, 0.5) is 0 Å². The highest BCUT2D eigenvalue weighted by Crippen LogP contribution is 2.20. The molecule has 0 aliphatic carbocycles. The predicted octanol–water partition coefficient (Wildman–Crippen LogP) is 3.60. The molecule has 0 fully saturated rings. The molecule has 6 heteroatoms. The first kappa shape index (κ1) is 19.5. The van der Waals surface area contributed by atoms with Crippen molar-refractivity contribution >= 4 is 21.7 Å². The van der Waals surface area contributed by atoms with Gasteiger partial charge in [-0.3, -0.25) is 9.59 Å². The summed E-state index contributed by atoms with van der Waals surface area (Å²) in [7, 11) is -4.21. The second-order valence-electron chi connectivity index (χ2n) is 6.31. The minimum atomic E-state index is -4.21. The molecule has 3 aromatic carbocycles. The van der Waals surface area contributed by atoms with E-state index < -0.39 is 21.7 Å². The van der Waals surface area contributed by atoms with Crippen molar-refractivity contribution in [1.82, 2.24) is 4.31 Å². The van der Waals surface area contributed by atoms with Crippen molar-refractivity contribution in [2.45, 2.75) is 18.4 Å². The van der Waals surface area contributed by atoms with Crippen LogP contribution in [0.15, 0.2) is 89.8 Å². The van der Waals surface area contributed by atoms with E-state index in [9.17, 15) is 18.0 Å². The van der Waals surface area contributed by atoms with E-state index in [0.29, 0.717) is 9.87 Å². The number of carbonyl (C=O) groups is 2. The summed E-state index contributed by atoms with van der Waals surface area (Å²) in [5.74, 6) is -1.96. The Bertz CT molecular complexity index is 1080. The zero-order valence-electron chi connectivity index (χ0n) is 15.3. The van der Waals surface area contributed by atoms with Crippen LogP contribution in [-0.4, -0.2) is 24.4 Å². The van der Waals surface area contributed by atoms with E-state index in [2.05, 4.69) is 0 Å². The minimum absolute atomic E-state index is 0.0387. The first-order chi connectivity index (χ1) is 13.4. The lowest BCUT2D eigenvalue weighted by molar-refractivity contribution is -0.122. The summed E-state index contributed by atoms with van der Waals surface area (Å²) in [6.45, 7) is 1.61. The summed E-state index contributed by atoms with van der Waals surface area (Å²) in [6, 6.07) is 22.8. The quantitative estimate of drug-likeness (QED) is 0.474. The normalized spacial score (nSPS) is 11.0. The Morgan fingerprint density at radius 2 is 1.32 bits per heavy atom. The first-order valence-electron chi connectivity index (χ1n) is 8.66. The maximum Gasteiger partial charge on any atom is 0.309 e. The van der Waals surface area contributed by atoms with Crippen molar-refractivity contribution in [1.29, 1.82) is 0 Å². The van der Waals surface area contributed by atoms with Crippen molar-refractivity contribution < 1.29 is 18.0 Å². The number of rotatable bonds is 6. The van der Waals surface area contributed by atoms with Crippen LogP contribution >= 0.6 is 0 Å². The molecule has 1 amide bonds. The van der Waals surface area contributed by atoms with E-state index >= 15 is 0 Å². The maximum absolute atomic E-state index is 13.2. The Labute approximate surface area is 164 Å². The average molecular weight is 393 g/mol. The third-order valence-corrected chi connectivity index (χ3v) is 5.98. The summed E-state index contributed by atoms with van der Waals surface area (Å²) in [6.07, 6.45) is 0. The Kier molecular flexibility index (Phi) is 5.70. The number of carbonyl (C=O) groups excluding carboxylic acids is 2. The van der Waals surface area contributed by atoms with Gasteiger partial charge in [0.2, 0.25) is 0 Å². The van der Waals surface area contributed by atoms with Crippen LogP contribution < -0.4 is 0 Å². The number of nitrogens with zero attached hydrogens (tertiary/aromatic N) is 1. The van der Waals surface area contributed by atoms with E-state index in [1.54, 1.807) is 60.7 Å². The van der Waals surface area contributed by atoms with Gasteiger partial charge >= 0.3 is 5.91 Å². The number of ketones is 1. The van der Waals surface area contributed by atoms with Crippen molar-refractivity contribution in [3.05, 3.63) is 102 Å². The number of Topliss-reactive ketones (excluding diaryl/α,β-unsaturated/α-hetero) is 1. The van der Waals surface area contributed by atoms with Gasteiger partial charge in [0, 0.05) is 5.56 Å². The fraction of sp³-hybridized carbons (Fsp3) is 0.0909. The lowest BCUT2D eigenvalue weighted by Gasteiger charge is -2.22. The van der Waals surface area contributed by atoms with Crippen LogP contribution in [0.25, 0.3) is 0 Å². The Morgan fingerprint density at radius 3 is 1.89 bits per heavy atom. The fourth-order valence-corrected chi connectivity index (χ4v) is 4.03. The second kappa shape index (κ2) is 8.19. The molecule has 142 valence electrons. The molecule has 5 nitrogen and oxygen atoms in total. The smallest absolute Gasteiger partial charge is 0.283 e. The summed E-state index contributed by atoms with van der Waals surface area (Å²) < 4.78 is 27.0. The van der Waals surface area contributed by atoms with Gasteiger partial charge in [-0.2, -0.15) is 0 Å². The molecule has 0 bridgehead atoms. The highest BCUT2D eigenvalue weighted by atomic mass is 32.2. The van der Waals surface area contributed by atoms with Gasteiger partial charge in [-0.25, -0.2) is 12.7 Å². The highest BCUT2D eigenvalue weighted by Gasteiger charge is 2.34. The first-order valence-corrected chi connectivity index (χ1v) is 10.1. The molecule has 0 aliphatic heterocycles. The topological polar surface area (TPSA) is 71.5 Å². The van der Waals surface area contributed by atoms with Crippen LogP contribution in [0.2, 0.25) is 0 Å². The number of sulfonamides is 1. The number of benzene rings is 3. The molecule has 28 heavy (non-hydrogen) atoms. The summed E-state index contributed by atoms with van der Waals surface area (Å²) in [5, 5.41) is 0. The molecular formula is C22H19NO4S. The maximum atomic E-state index is 13.2. The van der Waals surface area contributed by atoms with Gasteiger partial charge in [-0.05, 0) is 24.6 Å². The molecule has 0 atom stereocenters. The van der Waals surface area contributed by atoms with Gasteiger partial charge in [-0.15, -0.1) is 0 Å². The number of hydrogen-bond acceptors (Lipinski definition) is 4. The van der Waals surface area contributed by atoms with E-state index in [1.165, 1.54) is 24.3 Å². The van der Waals surface area contributed by atoms with Crippen LogP contribution in [0.1, 0.15) is 21.5 Å². The molecule has 0 spiro atoms. The van der Waals surface area contributed by atoms with Crippen LogP contribution in [0.3, 0.4) is 0 Å². The third kappa shape index (κ3) is 4.18. The molecule has 0 saturated heterocycles. The molecule has 0 unspecified atom stereocenters. The van der Waals surface area contributed by atoms with Crippen LogP contribution in [0.5, 0.6) is 0 Å². The lowest BCUT2D eigenvalue weighted by Crippen LogP contribution is -2.40. The summed E-state index contributed by atoms with van der Waals surface area (Å²) in [4.78, 5) is 25.5. The molecule has 0 aromatic heterocycles. The van der Waals surface area contributed by atoms with Crippen LogP contribution in [0, 0.1) is 6.92 Å². The molecule has 3 aromatic rings. The molecule has 0 aliphatic rings. The van der Waals surface area contributed by atoms with Crippen molar-refractivity contribution in [3.63, 3.8) is 0 Å². The van der Waals surface area contributed by atoms with E-state index in [-0.39, 0.29) is 17.0 Å². The molecule has 0 saturated carbocycles. The van der Waals surface area contributed by atoms with Gasteiger partial charge < -0.3 is 0 Å². The monoisotopic (exact) mass is 393 g/mol. The van der Waals surface area contributed by atoms with Crippen molar-refractivity contribution in [2.24, 2.45) is 0 Å². The highest BCUT2D eigenvalue weighted by molar-refractivity contribution is 7.89. The van der Waals surface area contributed by atoms with Gasteiger partial charge in [0.25, 0.3) is 15.8 Å². The molecule has 0 N–H and O–H groups in total. The Morgan fingerprint density at radius 1 is 0.786 bits per heavy atom. The molecule has 0 radical (unpaired) electrons. The number of amides is 1. The number of aryl methyl sites for hydroxylation is 1. The SMILES string of the molecule is Cc1ccc(S(=O)(=O)N(Cc2ccccc2)C(=O)C(=O)c2ccccc2)cc1. The second-order valence-corrected chi connectivity index (χ2v) is 8.17. The zero-order chi connectivity index (χ0) is 20.1. The molecule has 3 rings (SSSR count). The Hall–Kier alpha value is -3.25. The van der Waals surface area contributed by atoms with E-state index in [4.69, 9.17) is 0 Å². The standard InChI is InChI=1S/C22H19NO4S/c1-17-12-14-20(15-13-17)28(26,27)23(16-18-8-4-2-5-9-18)22(25)21(24)19-10-6-3-7-11-19/h2-15H,16H2,1H3. The van der Waals surface area contributed by atoms with Gasteiger partial charge in [0.05, 0.1) is 11.4 Å². The van der Waals surface area contributed by atoms with Gasteiger partial charge in [0.15, 0.2) is 0 Å². The van der Waals surface area contributed by atoms with Crippen molar-refractivity contribution in [2.75, 3.05) is 0 Å². The van der Waals surface area contributed by atoms with E-state index in [0.717, 1.165) is 5.56 Å². The minimum Gasteiger partial charge on any atom is -0.283 e. The average Bonchev–Trinajstić information content (AvgIpc) is 2.72. The molecular weight excluding hydrogens is 374 g/mol. The van der Waals surface area contributed by atoms with Gasteiger partial charge in [-0.1, -0.05) is 78.4 Å². The fourth-order valence-electron chi connectivity index (χ4n) is 2.68. The zero-order valence-corrected chi connectivity index (χ0v) is 16.1. The van der Waals surface area contributed by atoms with Crippen molar-refractivity contribution in [3.8, 4) is 0 Å². The lowest BCUT2D eigenvalue weighted by atomic mass is 10.1. The van der Waals surface area contributed by atoms with Crippen LogP contribution in [-0.2, 0) is 21.4 Å². The number of hydrogen-bond donors (Lipinski definition) is 0. The largest absolute Gasteiger partial charge is 0.309 e. The van der Waals surface area contributed by atoms with Gasteiger partial charge in [0.1, 0.15) is 0 Å². The van der Waals surface area contributed by atoms with E-state index in [1.807, 2.05) is 6.92 Å².